The largest absolute Gasteiger partial charge is 0.441 e. The lowest BCUT2D eigenvalue weighted by molar-refractivity contribution is 0.0956. The second-order valence-electron chi connectivity index (χ2n) is 4.34. The number of nitrogens with two attached hydrogens (primary N) is 1. The van der Waals surface area contributed by atoms with Crippen LogP contribution in [-0.2, 0) is 0 Å². The Hall–Kier alpha value is -2.54. The summed E-state index contributed by atoms with van der Waals surface area (Å²) in [7, 11) is 0. The maximum absolute atomic E-state index is 11.9. The Kier molecular flexibility index (Phi) is 3.26. The van der Waals surface area contributed by atoms with Gasteiger partial charge in [-0.3, -0.25) is 4.79 Å². The van der Waals surface area contributed by atoms with Crippen LogP contribution in [0.4, 0.5) is 5.82 Å². The monoisotopic (exact) mass is 305 g/mol. The standard InChI is InChI=1S/C13H12ClN5O2/c1-2-16-13(20)7-5-10(15)19-11(6-7)17-12(18-19)8-3-4-9(14)21-8/h3-6H,2,15H2,1H3,(H,16,20). The molecular formula is C13H12ClN5O2. The third kappa shape index (κ3) is 2.43. The molecule has 0 atom stereocenters. The molecule has 0 aliphatic carbocycles. The van der Waals surface area contributed by atoms with Gasteiger partial charge in [0.1, 0.15) is 5.82 Å². The Labute approximate surface area is 124 Å². The first kappa shape index (κ1) is 13.4. The number of carbonyl (C=O) groups is 1. The summed E-state index contributed by atoms with van der Waals surface area (Å²) >= 11 is 5.74. The number of hydrogen-bond donors (Lipinski definition) is 2. The molecule has 3 aromatic heterocycles. The topological polar surface area (TPSA) is 98.5 Å². The third-order valence-corrected chi connectivity index (χ3v) is 3.06. The number of amides is 1. The van der Waals surface area contributed by atoms with E-state index in [0.717, 1.165) is 0 Å². The summed E-state index contributed by atoms with van der Waals surface area (Å²) in [5.41, 5.74) is 6.80. The summed E-state index contributed by atoms with van der Waals surface area (Å²) < 4.78 is 6.70. The number of nitrogens with zero attached hydrogens (tertiary/aromatic N) is 3. The van der Waals surface area contributed by atoms with Crippen molar-refractivity contribution < 1.29 is 9.21 Å². The number of hydrogen-bond acceptors (Lipinski definition) is 5. The molecule has 108 valence electrons. The van der Waals surface area contributed by atoms with Gasteiger partial charge in [-0.2, -0.15) is 4.52 Å². The van der Waals surface area contributed by atoms with Crippen LogP contribution < -0.4 is 11.1 Å². The van der Waals surface area contributed by atoms with E-state index in [-0.39, 0.29) is 11.1 Å². The average Bonchev–Trinajstić information content (AvgIpc) is 3.05. The molecule has 3 aromatic rings. The van der Waals surface area contributed by atoms with Crippen molar-refractivity contribution in [1.29, 1.82) is 0 Å². The highest BCUT2D eigenvalue weighted by atomic mass is 35.5. The molecule has 3 N–H and O–H groups in total. The minimum absolute atomic E-state index is 0.211. The number of nitrogen functional groups attached to an aromatic ring is 1. The molecule has 21 heavy (non-hydrogen) atoms. The van der Waals surface area contributed by atoms with Crippen molar-refractivity contribution in [3.8, 4) is 11.6 Å². The normalized spacial score (nSPS) is 11.0. The van der Waals surface area contributed by atoms with Crippen molar-refractivity contribution in [3.63, 3.8) is 0 Å². The highest BCUT2D eigenvalue weighted by Gasteiger charge is 2.14. The smallest absolute Gasteiger partial charge is 0.251 e. The van der Waals surface area contributed by atoms with E-state index in [0.29, 0.717) is 35.2 Å². The summed E-state index contributed by atoms with van der Waals surface area (Å²) in [6.07, 6.45) is 0. The fraction of sp³-hybridized carbons (Fsp3) is 0.154. The van der Waals surface area contributed by atoms with E-state index in [2.05, 4.69) is 15.4 Å². The highest BCUT2D eigenvalue weighted by molar-refractivity contribution is 6.28. The van der Waals surface area contributed by atoms with Gasteiger partial charge in [0.25, 0.3) is 5.91 Å². The zero-order valence-electron chi connectivity index (χ0n) is 11.1. The number of anilines is 1. The van der Waals surface area contributed by atoms with Gasteiger partial charge in [0.05, 0.1) is 0 Å². The van der Waals surface area contributed by atoms with Crippen LogP contribution >= 0.6 is 11.6 Å². The lowest BCUT2D eigenvalue weighted by Gasteiger charge is -2.04. The van der Waals surface area contributed by atoms with Gasteiger partial charge in [-0.15, -0.1) is 5.10 Å². The second kappa shape index (κ2) is 5.10. The molecule has 0 aromatic carbocycles. The molecule has 0 aliphatic rings. The Morgan fingerprint density at radius 3 is 2.95 bits per heavy atom. The van der Waals surface area contributed by atoms with Crippen LogP contribution in [0.5, 0.6) is 0 Å². The molecular weight excluding hydrogens is 294 g/mol. The van der Waals surface area contributed by atoms with Gasteiger partial charge < -0.3 is 15.5 Å². The zero-order chi connectivity index (χ0) is 15.0. The van der Waals surface area contributed by atoms with Gasteiger partial charge in [-0.1, -0.05) is 0 Å². The molecule has 0 saturated carbocycles. The lowest BCUT2D eigenvalue weighted by atomic mass is 10.2. The van der Waals surface area contributed by atoms with Crippen LogP contribution in [-0.4, -0.2) is 27.0 Å². The van der Waals surface area contributed by atoms with Crippen LogP contribution in [0.1, 0.15) is 17.3 Å². The van der Waals surface area contributed by atoms with Gasteiger partial charge in [0.2, 0.25) is 5.82 Å². The first-order valence-corrected chi connectivity index (χ1v) is 6.66. The quantitative estimate of drug-likeness (QED) is 0.771. The molecule has 0 saturated heterocycles. The van der Waals surface area contributed by atoms with Crippen LogP contribution in [0, 0.1) is 0 Å². The minimum Gasteiger partial charge on any atom is -0.441 e. The number of rotatable bonds is 3. The van der Waals surface area contributed by atoms with Crippen LogP contribution in [0.3, 0.4) is 0 Å². The Balaban J connectivity index is 2.09. The summed E-state index contributed by atoms with van der Waals surface area (Å²) in [6, 6.07) is 6.43. The molecule has 0 aliphatic heterocycles. The Bertz CT molecular complexity index is 823. The van der Waals surface area contributed by atoms with E-state index in [1.807, 2.05) is 6.92 Å². The zero-order valence-corrected chi connectivity index (χ0v) is 11.9. The van der Waals surface area contributed by atoms with E-state index in [1.54, 1.807) is 24.3 Å². The molecule has 8 heteroatoms. The van der Waals surface area contributed by atoms with Gasteiger partial charge in [0.15, 0.2) is 16.6 Å². The molecule has 7 nitrogen and oxygen atoms in total. The minimum atomic E-state index is -0.211. The van der Waals surface area contributed by atoms with Crippen molar-refractivity contribution in [2.75, 3.05) is 12.3 Å². The van der Waals surface area contributed by atoms with Crippen LogP contribution in [0.15, 0.2) is 28.7 Å². The Morgan fingerprint density at radius 2 is 2.29 bits per heavy atom. The van der Waals surface area contributed by atoms with E-state index in [9.17, 15) is 4.79 Å². The highest BCUT2D eigenvalue weighted by Crippen LogP contribution is 2.23. The van der Waals surface area contributed by atoms with Gasteiger partial charge in [-0.25, -0.2) is 4.98 Å². The van der Waals surface area contributed by atoms with Crippen molar-refractivity contribution >= 4 is 29.0 Å². The van der Waals surface area contributed by atoms with Crippen LogP contribution in [0.2, 0.25) is 5.22 Å². The van der Waals surface area contributed by atoms with Crippen molar-refractivity contribution in [2.24, 2.45) is 0 Å². The molecule has 3 heterocycles. The Morgan fingerprint density at radius 1 is 1.48 bits per heavy atom. The van der Waals surface area contributed by atoms with Crippen molar-refractivity contribution in [1.82, 2.24) is 19.9 Å². The first-order valence-electron chi connectivity index (χ1n) is 6.28. The average molecular weight is 306 g/mol. The molecule has 1 amide bonds. The summed E-state index contributed by atoms with van der Waals surface area (Å²) in [5, 5.41) is 7.20. The summed E-state index contributed by atoms with van der Waals surface area (Å²) in [4.78, 5) is 16.2. The molecule has 0 unspecified atom stereocenters. The van der Waals surface area contributed by atoms with E-state index >= 15 is 0 Å². The number of pyridine rings is 1. The maximum Gasteiger partial charge on any atom is 0.251 e. The maximum atomic E-state index is 11.9. The van der Waals surface area contributed by atoms with Gasteiger partial charge >= 0.3 is 0 Å². The summed E-state index contributed by atoms with van der Waals surface area (Å²) in [5.74, 6) is 0.881. The van der Waals surface area contributed by atoms with Gasteiger partial charge in [0, 0.05) is 12.1 Å². The van der Waals surface area contributed by atoms with Crippen molar-refractivity contribution in [2.45, 2.75) is 6.92 Å². The third-order valence-electron chi connectivity index (χ3n) is 2.86. The first-order chi connectivity index (χ1) is 10.1. The van der Waals surface area contributed by atoms with E-state index < -0.39 is 0 Å². The molecule has 3 rings (SSSR count). The lowest BCUT2D eigenvalue weighted by Crippen LogP contribution is -2.23. The van der Waals surface area contributed by atoms with E-state index in [4.69, 9.17) is 21.8 Å². The summed E-state index contributed by atoms with van der Waals surface area (Å²) in [6.45, 7) is 2.38. The number of carbonyl (C=O) groups excluding carboxylic acids is 1. The predicted molar refractivity (Wildman–Crippen MR) is 78.1 cm³/mol. The molecule has 0 radical (unpaired) electrons. The second-order valence-corrected chi connectivity index (χ2v) is 4.71. The number of fused-ring (bicyclic) bond motifs is 1. The van der Waals surface area contributed by atoms with Crippen molar-refractivity contribution in [3.05, 3.63) is 35.0 Å². The number of nitrogens with one attached hydrogen (secondary N) is 1. The molecule has 0 fully saturated rings. The fourth-order valence-corrected chi connectivity index (χ4v) is 2.09. The number of halogens is 1. The number of aromatic nitrogens is 3. The SMILES string of the molecule is CCNC(=O)c1cc(N)n2nc(-c3ccc(Cl)o3)nc2c1. The van der Waals surface area contributed by atoms with Gasteiger partial charge in [-0.05, 0) is 42.8 Å². The molecule has 0 bridgehead atoms. The predicted octanol–water partition coefficient (Wildman–Crippen LogP) is 1.97. The van der Waals surface area contributed by atoms with Crippen LogP contribution in [0.25, 0.3) is 17.2 Å². The number of furan rings is 1. The van der Waals surface area contributed by atoms with E-state index in [1.165, 1.54) is 4.52 Å². The molecule has 0 spiro atoms. The fourth-order valence-electron chi connectivity index (χ4n) is 1.94.